The molecule has 1 fully saturated rings. The smallest absolute Gasteiger partial charge is 0.243 e. The van der Waals surface area contributed by atoms with Crippen molar-refractivity contribution in [3.8, 4) is 0 Å². The van der Waals surface area contributed by atoms with Crippen LogP contribution in [0, 0.1) is 0 Å². The molecule has 0 N–H and O–H groups in total. The van der Waals surface area contributed by atoms with Gasteiger partial charge in [-0.15, -0.1) is 0 Å². The third-order valence-electron chi connectivity index (χ3n) is 4.80. The van der Waals surface area contributed by atoms with Crippen LogP contribution in [0.4, 0.5) is 0 Å². The molecular weight excluding hydrogens is 336 g/mol. The van der Waals surface area contributed by atoms with Crippen molar-refractivity contribution in [3.63, 3.8) is 0 Å². The van der Waals surface area contributed by atoms with Gasteiger partial charge < -0.3 is 4.52 Å². The van der Waals surface area contributed by atoms with Gasteiger partial charge in [-0.3, -0.25) is 0 Å². The van der Waals surface area contributed by atoms with Crippen molar-refractivity contribution in [2.75, 3.05) is 6.54 Å². The SMILES string of the molecule is CCc1cc(C2CCCN2S(=O)(=O)c2ccc(C(C)(C)C)cc2)on1. The molecule has 1 aromatic carbocycles. The number of benzene rings is 1. The van der Waals surface area contributed by atoms with E-state index in [2.05, 4.69) is 25.9 Å². The molecule has 1 saturated heterocycles. The number of aromatic nitrogens is 1. The Balaban J connectivity index is 1.90. The number of nitrogens with zero attached hydrogens (tertiary/aromatic N) is 2. The van der Waals surface area contributed by atoms with Gasteiger partial charge in [0.25, 0.3) is 0 Å². The second-order valence-electron chi connectivity index (χ2n) is 7.62. The lowest BCUT2D eigenvalue weighted by Gasteiger charge is -2.23. The van der Waals surface area contributed by atoms with E-state index < -0.39 is 10.0 Å². The molecule has 2 heterocycles. The Kier molecular flexibility index (Phi) is 4.77. The Morgan fingerprint density at radius 2 is 1.92 bits per heavy atom. The predicted octanol–water partition coefficient (Wildman–Crippen LogP) is 4.06. The molecule has 1 atom stereocenters. The fraction of sp³-hybridized carbons (Fsp3) is 0.526. The fourth-order valence-electron chi connectivity index (χ4n) is 3.23. The largest absolute Gasteiger partial charge is 0.359 e. The summed E-state index contributed by atoms with van der Waals surface area (Å²) in [5.74, 6) is 0.643. The molecule has 6 heteroatoms. The third-order valence-corrected chi connectivity index (χ3v) is 6.72. The molecule has 0 aliphatic carbocycles. The predicted molar refractivity (Wildman–Crippen MR) is 96.9 cm³/mol. The zero-order valence-corrected chi connectivity index (χ0v) is 16.1. The highest BCUT2D eigenvalue weighted by atomic mass is 32.2. The van der Waals surface area contributed by atoms with Gasteiger partial charge in [-0.25, -0.2) is 8.42 Å². The summed E-state index contributed by atoms with van der Waals surface area (Å²) in [4.78, 5) is 0.336. The van der Waals surface area contributed by atoms with E-state index >= 15 is 0 Å². The normalized spacial score (nSPS) is 19.4. The van der Waals surface area contributed by atoms with Crippen LogP contribution >= 0.6 is 0 Å². The highest BCUT2D eigenvalue weighted by Crippen LogP contribution is 2.37. The van der Waals surface area contributed by atoms with E-state index in [0.717, 1.165) is 30.5 Å². The Bertz CT molecular complexity index is 832. The lowest BCUT2D eigenvalue weighted by atomic mass is 9.87. The van der Waals surface area contributed by atoms with Gasteiger partial charge >= 0.3 is 0 Å². The van der Waals surface area contributed by atoms with E-state index in [0.29, 0.717) is 17.2 Å². The minimum Gasteiger partial charge on any atom is -0.359 e. The van der Waals surface area contributed by atoms with Crippen LogP contribution in [0.2, 0.25) is 0 Å². The number of hydrogen-bond acceptors (Lipinski definition) is 4. The van der Waals surface area contributed by atoms with Gasteiger partial charge in [-0.2, -0.15) is 4.31 Å². The maximum absolute atomic E-state index is 13.1. The van der Waals surface area contributed by atoms with E-state index in [9.17, 15) is 8.42 Å². The monoisotopic (exact) mass is 362 g/mol. The highest BCUT2D eigenvalue weighted by Gasteiger charge is 2.38. The van der Waals surface area contributed by atoms with Crippen molar-refractivity contribution in [2.45, 2.75) is 63.3 Å². The Labute approximate surface area is 150 Å². The first-order chi connectivity index (χ1) is 11.7. The van der Waals surface area contributed by atoms with Crippen molar-refractivity contribution in [1.82, 2.24) is 9.46 Å². The minimum absolute atomic E-state index is 0.00510. The first-order valence-electron chi connectivity index (χ1n) is 8.81. The van der Waals surface area contributed by atoms with Crippen molar-refractivity contribution in [3.05, 3.63) is 47.3 Å². The third kappa shape index (κ3) is 3.51. The van der Waals surface area contributed by atoms with E-state index in [4.69, 9.17) is 4.52 Å². The van der Waals surface area contributed by atoms with Crippen LogP contribution in [0.5, 0.6) is 0 Å². The van der Waals surface area contributed by atoms with Gasteiger partial charge in [-0.1, -0.05) is 45.0 Å². The van der Waals surface area contributed by atoms with Crippen molar-refractivity contribution in [1.29, 1.82) is 0 Å². The molecule has 0 saturated carbocycles. The van der Waals surface area contributed by atoms with E-state index in [1.54, 1.807) is 16.4 Å². The summed E-state index contributed by atoms with van der Waals surface area (Å²) >= 11 is 0. The molecule has 0 amide bonds. The summed E-state index contributed by atoms with van der Waals surface area (Å²) in [7, 11) is -3.55. The molecule has 1 aromatic heterocycles. The molecule has 5 nitrogen and oxygen atoms in total. The summed E-state index contributed by atoms with van der Waals surface area (Å²) in [5.41, 5.74) is 1.97. The first kappa shape index (κ1) is 18.1. The van der Waals surface area contributed by atoms with Crippen LogP contribution in [0.25, 0.3) is 0 Å². The van der Waals surface area contributed by atoms with Crippen molar-refractivity contribution in [2.24, 2.45) is 0 Å². The molecule has 1 unspecified atom stereocenters. The van der Waals surface area contributed by atoms with Crippen LogP contribution in [-0.2, 0) is 21.9 Å². The second kappa shape index (κ2) is 6.57. The molecule has 0 spiro atoms. The first-order valence-corrected chi connectivity index (χ1v) is 10.3. The average Bonchev–Trinajstić information content (AvgIpc) is 3.23. The van der Waals surface area contributed by atoms with E-state index in [1.807, 2.05) is 25.1 Å². The molecule has 1 aliphatic rings. The topological polar surface area (TPSA) is 63.4 Å². The summed E-state index contributed by atoms with van der Waals surface area (Å²) in [6, 6.07) is 8.84. The Hall–Kier alpha value is -1.66. The van der Waals surface area contributed by atoms with Gasteiger partial charge in [-0.05, 0) is 42.4 Å². The molecular formula is C19H26N2O3S. The van der Waals surface area contributed by atoms with Crippen LogP contribution in [0.3, 0.4) is 0 Å². The molecule has 0 radical (unpaired) electrons. The van der Waals surface area contributed by atoms with Gasteiger partial charge in [0, 0.05) is 12.6 Å². The zero-order chi connectivity index (χ0) is 18.2. The van der Waals surface area contributed by atoms with Crippen LogP contribution in [0.15, 0.2) is 39.8 Å². The van der Waals surface area contributed by atoms with Gasteiger partial charge in [0.15, 0.2) is 5.76 Å². The summed E-state index contributed by atoms with van der Waals surface area (Å²) < 4.78 is 33.2. The minimum atomic E-state index is -3.55. The summed E-state index contributed by atoms with van der Waals surface area (Å²) in [6.07, 6.45) is 2.36. The maximum Gasteiger partial charge on any atom is 0.243 e. The standard InChI is InChI=1S/C19H26N2O3S/c1-5-15-13-18(24-20-15)17-7-6-12-21(17)25(22,23)16-10-8-14(9-11-16)19(2,3)4/h8-11,13,17H,5-7,12H2,1-4H3. The van der Waals surface area contributed by atoms with Gasteiger partial charge in [0.1, 0.15) is 0 Å². The van der Waals surface area contributed by atoms with Crippen LogP contribution in [-0.4, -0.2) is 24.4 Å². The molecule has 3 rings (SSSR count). The quantitative estimate of drug-likeness (QED) is 0.823. The summed E-state index contributed by atoms with van der Waals surface area (Å²) in [6.45, 7) is 8.85. The van der Waals surface area contributed by atoms with Crippen LogP contribution < -0.4 is 0 Å². The molecule has 136 valence electrons. The van der Waals surface area contributed by atoms with Gasteiger partial charge in [0.05, 0.1) is 16.6 Å². The lowest BCUT2D eigenvalue weighted by molar-refractivity contribution is 0.296. The van der Waals surface area contributed by atoms with Crippen molar-refractivity contribution < 1.29 is 12.9 Å². The highest BCUT2D eigenvalue weighted by molar-refractivity contribution is 7.89. The fourth-order valence-corrected chi connectivity index (χ4v) is 4.89. The van der Waals surface area contributed by atoms with E-state index in [1.165, 1.54) is 0 Å². The molecule has 0 bridgehead atoms. The van der Waals surface area contributed by atoms with E-state index in [-0.39, 0.29) is 11.5 Å². The van der Waals surface area contributed by atoms with Crippen molar-refractivity contribution >= 4 is 10.0 Å². The summed E-state index contributed by atoms with van der Waals surface area (Å²) in [5, 5.41) is 4.01. The average molecular weight is 362 g/mol. The van der Waals surface area contributed by atoms with Crippen LogP contribution in [0.1, 0.15) is 63.6 Å². The number of rotatable bonds is 4. The molecule has 2 aromatic rings. The zero-order valence-electron chi connectivity index (χ0n) is 15.3. The second-order valence-corrected chi connectivity index (χ2v) is 9.51. The number of aryl methyl sites for hydroxylation is 1. The molecule has 1 aliphatic heterocycles. The maximum atomic E-state index is 13.1. The number of hydrogen-bond donors (Lipinski definition) is 0. The Morgan fingerprint density at radius 3 is 2.48 bits per heavy atom. The molecule has 25 heavy (non-hydrogen) atoms. The number of sulfonamides is 1. The lowest BCUT2D eigenvalue weighted by Crippen LogP contribution is -2.30. The Morgan fingerprint density at radius 1 is 1.24 bits per heavy atom. The van der Waals surface area contributed by atoms with Gasteiger partial charge in [0.2, 0.25) is 10.0 Å².